The van der Waals surface area contributed by atoms with E-state index in [-0.39, 0.29) is 11.2 Å². The Kier molecular flexibility index (Phi) is 4.86. The van der Waals surface area contributed by atoms with Crippen LogP contribution in [0, 0.1) is 11.3 Å². The lowest BCUT2D eigenvalue weighted by molar-refractivity contribution is -0.115. The Morgan fingerprint density at radius 2 is 2.21 bits per heavy atom. The van der Waals surface area contributed by atoms with Gasteiger partial charge in [0, 0.05) is 10.9 Å². The summed E-state index contributed by atoms with van der Waals surface area (Å²) in [5, 5.41) is 12.3. The monoisotopic (exact) mass is 274 g/mol. The van der Waals surface area contributed by atoms with Crippen LogP contribution in [0.5, 0.6) is 0 Å². The molecule has 0 unspecified atom stereocenters. The molecule has 0 saturated heterocycles. The molecule has 1 N–H and O–H groups in total. The number of carbonyl (C=O) groups excluding carboxylic acids is 1. The summed E-state index contributed by atoms with van der Waals surface area (Å²) in [5.41, 5.74) is 1.26. The van der Waals surface area contributed by atoms with Crippen LogP contribution in [0.1, 0.15) is 38.2 Å². The Morgan fingerprint density at radius 3 is 2.89 bits per heavy atom. The summed E-state index contributed by atoms with van der Waals surface area (Å²) in [7, 11) is 0. The number of thioether (sulfide) groups is 1. The Morgan fingerprint density at radius 1 is 1.47 bits per heavy atom. The summed E-state index contributed by atoms with van der Waals surface area (Å²) >= 11 is 1.77. The van der Waals surface area contributed by atoms with Crippen LogP contribution in [0.2, 0.25) is 0 Å². The third-order valence-electron chi connectivity index (χ3n) is 3.33. The zero-order chi connectivity index (χ0) is 13.7. The largest absolute Gasteiger partial charge is 0.325 e. The van der Waals surface area contributed by atoms with E-state index in [0.717, 1.165) is 0 Å². The van der Waals surface area contributed by atoms with Crippen LogP contribution < -0.4 is 5.32 Å². The zero-order valence-corrected chi connectivity index (χ0v) is 11.9. The number of hydrogen-bond acceptors (Lipinski definition) is 3. The summed E-state index contributed by atoms with van der Waals surface area (Å²) in [6.45, 7) is 1.95. The van der Waals surface area contributed by atoms with Crippen LogP contribution in [0.4, 0.5) is 5.69 Å². The van der Waals surface area contributed by atoms with Gasteiger partial charge in [-0.2, -0.15) is 5.26 Å². The third-order valence-corrected chi connectivity index (χ3v) is 4.81. The van der Waals surface area contributed by atoms with Gasteiger partial charge in [0.1, 0.15) is 0 Å². The number of carbonyl (C=O) groups is 1. The molecule has 1 aromatic carbocycles. The van der Waals surface area contributed by atoms with Gasteiger partial charge in [0.15, 0.2) is 0 Å². The van der Waals surface area contributed by atoms with Gasteiger partial charge in [-0.05, 0) is 38.0 Å². The second kappa shape index (κ2) is 6.63. The molecule has 0 bridgehead atoms. The number of nitrogens with one attached hydrogen (secondary N) is 1. The zero-order valence-electron chi connectivity index (χ0n) is 11.1. The number of nitriles is 1. The molecule has 3 nitrogen and oxygen atoms in total. The SMILES string of the molecule is C[C@@H](SC1CCCC1)C(=O)Nc1cccc(C#N)c1. The smallest absolute Gasteiger partial charge is 0.237 e. The first-order chi connectivity index (χ1) is 9.19. The minimum Gasteiger partial charge on any atom is -0.325 e. The molecule has 0 aliphatic heterocycles. The van der Waals surface area contributed by atoms with E-state index in [1.165, 1.54) is 25.7 Å². The fourth-order valence-corrected chi connectivity index (χ4v) is 3.65. The average molecular weight is 274 g/mol. The molecule has 1 aliphatic carbocycles. The number of nitrogens with zero attached hydrogens (tertiary/aromatic N) is 1. The standard InChI is InChI=1S/C15H18N2OS/c1-11(19-14-7-2-3-8-14)15(18)17-13-6-4-5-12(9-13)10-16/h4-6,9,11,14H,2-3,7-8H2,1H3,(H,17,18)/t11-/m1/s1. The molecule has 1 aromatic rings. The number of rotatable bonds is 4. The van der Waals surface area contributed by atoms with Crippen LogP contribution in [0.15, 0.2) is 24.3 Å². The molecular weight excluding hydrogens is 256 g/mol. The van der Waals surface area contributed by atoms with E-state index in [1.54, 1.807) is 30.0 Å². The average Bonchev–Trinajstić information content (AvgIpc) is 2.91. The minimum absolute atomic E-state index is 0.0204. The van der Waals surface area contributed by atoms with Crippen LogP contribution >= 0.6 is 11.8 Å². The molecule has 100 valence electrons. The second-order valence-corrected chi connectivity index (χ2v) is 6.51. The number of anilines is 1. The molecule has 1 amide bonds. The van der Waals surface area contributed by atoms with Gasteiger partial charge in [-0.1, -0.05) is 18.9 Å². The Labute approximate surface area is 118 Å². The van der Waals surface area contributed by atoms with Crippen molar-refractivity contribution in [1.82, 2.24) is 0 Å². The summed E-state index contributed by atoms with van der Waals surface area (Å²) in [6.07, 6.45) is 5.03. The predicted molar refractivity (Wildman–Crippen MR) is 79.1 cm³/mol. The lowest BCUT2D eigenvalue weighted by atomic mass is 10.2. The maximum Gasteiger partial charge on any atom is 0.237 e. The first-order valence-corrected chi connectivity index (χ1v) is 7.60. The van der Waals surface area contributed by atoms with E-state index < -0.39 is 0 Å². The number of amides is 1. The van der Waals surface area contributed by atoms with Crippen molar-refractivity contribution in [1.29, 1.82) is 5.26 Å². The lowest BCUT2D eigenvalue weighted by Gasteiger charge is -2.16. The summed E-state index contributed by atoms with van der Waals surface area (Å²) in [5.74, 6) is 0.0204. The molecule has 0 radical (unpaired) electrons. The predicted octanol–water partition coefficient (Wildman–Crippen LogP) is 3.56. The van der Waals surface area contributed by atoms with Gasteiger partial charge in [0.05, 0.1) is 16.9 Å². The fraction of sp³-hybridized carbons (Fsp3) is 0.467. The van der Waals surface area contributed by atoms with Gasteiger partial charge in [-0.3, -0.25) is 4.79 Å². The summed E-state index contributed by atoms with van der Waals surface area (Å²) in [4.78, 5) is 12.1. The van der Waals surface area contributed by atoms with Crippen LogP contribution in [-0.2, 0) is 4.79 Å². The van der Waals surface area contributed by atoms with Gasteiger partial charge < -0.3 is 5.32 Å². The van der Waals surface area contributed by atoms with Crippen molar-refractivity contribution in [3.63, 3.8) is 0 Å². The lowest BCUT2D eigenvalue weighted by Crippen LogP contribution is -2.24. The normalized spacial score (nSPS) is 16.8. The maximum absolute atomic E-state index is 12.1. The van der Waals surface area contributed by atoms with Crippen molar-refractivity contribution < 1.29 is 4.79 Å². The molecule has 1 fully saturated rings. The molecule has 0 spiro atoms. The van der Waals surface area contributed by atoms with Crippen molar-refractivity contribution in [3.8, 4) is 6.07 Å². The van der Waals surface area contributed by atoms with Gasteiger partial charge in [0.25, 0.3) is 0 Å². The van der Waals surface area contributed by atoms with Crippen molar-refractivity contribution in [2.45, 2.75) is 43.1 Å². The maximum atomic E-state index is 12.1. The van der Waals surface area contributed by atoms with E-state index in [1.807, 2.05) is 13.0 Å². The van der Waals surface area contributed by atoms with Gasteiger partial charge >= 0.3 is 0 Å². The molecular formula is C15H18N2OS. The summed E-state index contributed by atoms with van der Waals surface area (Å²) < 4.78 is 0. The minimum atomic E-state index is -0.0474. The molecule has 19 heavy (non-hydrogen) atoms. The highest BCUT2D eigenvalue weighted by molar-refractivity contribution is 8.01. The highest BCUT2D eigenvalue weighted by atomic mass is 32.2. The van der Waals surface area contributed by atoms with Crippen molar-refractivity contribution in [3.05, 3.63) is 29.8 Å². The molecule has 1 aliphatic rings. The first kappa shape index (κ1) is 14.0. The molecule has 0 heterocycles. The Bertz CT molecular complexity index is 489. The molecule has 1 atom stereocenters. The Balaban J connectivity index is 1.90. The van der Waals surface area contributed by atoms with Crippen LogP contribution in [0.3, 0.4) is 0 Å². The van der Waals surface area contributed by atoms with Gasteiger partial charge in [-0.15, -0.1) is 11.8 Å². The van der Waals surface area contributed by atoms with Crippen molar-refractivity contribution in [2.24, 2.45) is 0 Å². The third kappa shape index (κ3) is 4.00. The van der Waals surface area contributed by atoms with Crippen molar-refractivity contribution >= 4 is 23.4 Å². The fourth-order valence-electron chi connectivity index (χ4n) is 2.29. The van der Waals surface area contributed by atoms with Crippen LogP contribution in [-0.4, -0.2) is 16.4 Å². The first-order valence-electron chi connectivity index (χ1n) is 6.65. The second-order valence-electron chi connectivity index (χ2n) is 4.87. The van der Waals surface area contributed by atoms with E-state index in [0.29, 0.717) is 16.5 Å². The molecule has 0 aromatic heterocycles. The number of benzene rings is 1. The van der Waals surface area contributed by atoms with Gasteiger partial charge in [-0.25, -0.2) is 0 Å². The topological polar surface area (TPSA) is 52.9 Å². The summed E-state index contributed by atoms with van der Waals surface area (Å²) in [6, 6.07) is 9.09. The van der Waals surface area contributed by atoms with E-state index in [9.17, 15) is 4.79 Å². The van der Waals surface area contributed by atoms with E-state index in [2.05, 4.69) is 11.4 Å². The molecule has 2 rings (SSSR count). The molecule has 4 heteroatoms. The highest BCUT2D eigenvalue weighted by Crippen LogP contribution is 2.32. The molecule has 1 saturated carbocycles. The highest BCUT2D eigenvalue weighted by Gasteiger charge is 2.22. The van der Waals surface area contributed by atoms with Crippen LogP contribution in [0.25, 0.3) is 0 Å². The van der Waals surface area contributed by atoms with Crippen molar-refractivity contribution in [2.75, 3.05) is 5.32 Å². The van der Waals surface area contributed by atoms with Gasteiger partial charge in [0.2, 0.25) is 5.91 Å². The number of hydrogen-bond donors (Lipinski definition) is 1. The van der Waals surface area contributed by atoms with E-state index >= 15 is 0 Å². The van der Waals surface area contributed by atoms with E-state index in [4.69, 9.17) is 5.26 Å². The Hall–Kier alpha value is -1.47. The quantitative estimate of drug-likeness (QED) is 0.913.